The number of alkyl halides is 3. The Hall–Kier alpha value is -2.58. The van der Waals surface area contributed by atoms with Crippen LogP contribution < -0.4 is 11.2 Å². The van der Waals surface area contributed by atoms with E-state index in [1.807, 2.05) is 13.8 Å². The molecule has 1 aliphatic heterocycles. The zero-order valence-electron chi connectivity index (χ0n) is 19.2. The Labute approximate surface area is 189 Å². The molecule has 1 aliphatic rings. The lowest BCUT2D eigenvalue weighted by Gasteiger charge is -2.21. The van der Waals surface area contributed by atoms with Crippen molar-refractivity contribution >= 4 is 5.97 Å². The van der Waals surface area contributed by atoms with Crippen molar-refractivity contribution in [3.63, 3.8) is 0 Å². The van der Waals surface area contributed by atoms with Crippen LogP contribution in [0.4, 0.5) is 13.2 Å². The molecule has 1 saturated heterocycles. The average molecular weight is 474 g/mol. The van der Waals surface area contributed by atoms with Crippen LogP contribution in [0.1, 0.15) is 59.3 Å². The number of rotatable bonds is 6. The highest BCUT2D eigenvalue weighted by Crippen LogP contribution is 2.32. The van der Waals surface area contributed by atoms with Crippen LogP contribution in [-0.2, 0) is 25.2 Å². The molecule has 2 heterocycles. The van der Waals surface area contributed by atoms with Crippen LogP contribution in [0.15, 0.2) is 15.8 Å². The lowest BCUT2D eigenvalue weighted by molar-refractivity contribution is -0.160. The summed E-state index contributed by atoms with van der Waals surface area (Å²) in [6.45, 7) is 8.86. The number of carbonyl (C=O) groups excluding carboxylic acids is 1. The highest BCUT2D eigenvalue weighted by molar-refractivity contribution is 5.75. The Morgan fingerprint density at radius 2 is 1.94 bits per heavy atom. The highest BCUT2D eigenvalue weighted by Gasteiger charge is 2.41. The van der Waals surface area contributed by atoms with E-state index in [-0.39, 0.29) is 19.6 Å². The number of aromatic amines is 1. The average Bonchev–Trinajstić information content (AvgIpc) is 3.06. The second-order valence-electron chi connectivity index (χ2n) is 9.22. The van der Waals surface area contributed by atoms with Crippen molar-refractivity contribution in [3.05, 3.63) is 32.6 Å². The topological polar surface area (TPSA) is 99.6 Å². The Morgan fingerprint density at radius 1 is 1.27 bits per heavy atom. The first kappa shape index (κ1) is 26.7. The summed E-state index contributed by atoms with van der Waals surface area (Å²) in [7, 11) is 0. The predicted molar refractivity (Wildman–Crippen MR) is 112 cm³/mol. The van der Waals surface area contributed by atoms with Crippen molar-refractivity contribution in [2.75, 3.05) is 13.2 Å². The second-order valence-corrected chi connectivity index (χ2v) is 9.22. The van der Waals surface area contributed by atoms with E-state index in [2.05, 4.69) is 11.8 Å². The van der Waals surface area contributed by atoms with E-state index in [0.29, 0.717) is 23.1 Å². The number of hydrogen-bond donors (Lipinski definition) is 1. The summed E-state index contributed by atoms with van der Waals surface area (Å²) >= 11 is 0. The molecule has 1 N–H and O–H groups in total. The molecule has 184 valence electrons. The van der Waals surface area contributed by atoms with Crippen LogP contribution in [0.3, 0.4) is 0 Å². The Bertz CT molecular complexity index is 1010. The van der Waals surface area contributed by atoms with Gasteiger partial charge in [0.05, 0.1) is 11.5 Å². The first-order valence-corrected chi connectivity index (χ1v) is 10.5. The number of ether oxygens (including phenoxy) is 3. The minimum absolute atomic E-state index is 0.00710. The van der Waals surface area contributed by atoms with Crippen LogP contribution >= 0.6 is 0 Å². The summed E-state index contributed by atoms with van der Waals surface area (Å²) < 4.78 is 56.8. The van der Waals surface area contributed by atoms with Crippen molar-refractivity contribution < 1.29 is 32.2 Å². The monoisotopic (exact) mass is 474 g/mol. The van der Waals surface area contributed by atoms with Crippen molar-refractivity contribution in [2.45, 2.75) is 72.1 Å². The Kier molecular flexibility index (Phi) is 8.54. The van der Waals surface area contributed by atoms with E-state index >= 15 is 0 Å². The zero-order chi connectivity index (χ0) is 25.0. The first-order valence-electron chi connectivity index (χ1n) is 10.5. The van der Waals surface area contributed by atoms with E-state index in [1.165, 1.54) is 0 Å². The van der Waals surface area contributed by atoms with Gasteiger partial charge in [-0.05, 0) is 26.7 Å². The summed E-state index contributed by atoms with van der Waals surface area (Å²) in [5.74, 6) is 5.70. The minimum Gasteiger partial charge on any atom is -0.462 e. The standard InChI is InChI=1S/C22H29F3N2O6/c1-13(2)8-6-7-9-31-15-10-17(33-16(15)12-32-19(29)21(3,4)5)27-11-14(22(23,24)25)18(28)26-20(27)30/h11,13,15-17H,8-10,12H2,1-5H3,(H,26,28,30)/t15-,16+,17+/m0/s1. The fraction of sp³-hybridized carbons (Fsp3) is 0.682. The quantitative estimate of drug-likeness (QED) is 0.503. The fourth-order valence-electron chi connectivity index (χ4n) is 2.95. The summed E-state index contributed by atoms with van der Waals surface area (Å²) in [5.41, 5.74) is -4.88. The molecule has 1 fully saturated rings. The molecule has 0 bridgehead atoms. The van der Waals surface area contributed by atoms with Crippen molar-refractivity contribution in [1.29, 1.82) is 0 Å². The summed E-state index contributed by atoms with van der Waals surface area (Å²) in [6.07, 6.45) is -6.58. The number of H-pyrrole nitrogens is 1. The van der Waals surface area contributed by atoms with Crippen LogP contribution in [-0.4, -0.2) is 40.9 Å². The number of halogens is 3. The number of esters is 1. The third-order valence-electron chi connectivity index (χ3n) is 4.76. The van der Waals surface area contributed by atoms with Crippen LogP contribution in [0, 0.1) is 23.2 Å². The van der Waals surface area contributed by atoms with E-state index in [1.54, 1.807) is 25.8 Å². The van der Waals surface area contributed by atoms with E-state index in [9.17, 15) is 27.6 Å². The minimum atomic E-state index is -4.95. The normalized spacial score (nSPS) is 21.1. The van der Waals surface area contributed by atoms with Gasteiger partial charge in [-0.2, -0.15) is 13.2 Å². The molecule has 1 aromatic heterocycles. The number of nitrogens with one attached hydrogen (secondary N) is 1. The maximum Gasteiger partial charge on any atom is 0.423 e. The fourth-order valence-corrected chi connectivity index (χ4v) is 2.95. The summed E-state index contributed by atoms with van der Waals surface area (Å²) in [4.78, 5) is 37.6. The molecule has 0 amide bonds. The van der Waals surface area contributed by atoms with Crippen molar-refractivity contribution in [2.24, 2.45) is 11.3 Å². The smallest absolute Gasteiger partial charge is 0.423 e. The number of aromatic nitrogens is 2. The van der Waals surface area contributed by atoms with Crippen LogP contribution in [0.25, 0.3) is 0 Å². The third-order valence-corrected chi connectivity index (χ3v) is 4.76. The van der Waals surface area contributed by atoms with Gasteiger partial charge in [-0.1, -0.05) is 19.8 Å². The number of hydrogen-bond acceptors (Lipinski definition) is 6. The lowest BCUT2D eigenvalue weighted by atomic mass is 9.97. The van der Waals surface area contributed by atoms with E-state index in [4.69, 9.17) is 14.2 Å². The maximum absolute atomic E-state index is 13.1. The summed E-state index contributed by atoms with van der Waals surface area (Å²) in [5, 5.41) is 0. The molecular formula is C22H29F3N2O6. The lowest BCUT2D eigenvalue weighted by Crippen LogP contribution is -2.36. The van der Waals surface area contributed by atoms with E-state index in [0.717, 1.165) is 0 Å². The van der Waals surface area contributed by atoms with Gasteiger partial charge >= 0.3 is 17.8 Å². The van der Waals surface area contributed by atoms with Gasteiger partial charge in [0.25, 0.3) is 5.56 Å². The molecule has 1 aromatic rings. The van der Waals surface area contributed by atoms with E-state index < -0.39 is 52.8 Å². The van der Waals surface area contributed by atoms with Gasteiger partial charge in [0, 0.05) is 19.0 Å². The predicted octanol–water partition coefficient (Wildman–Crippen LogP) is 2.87. The maximum atomic E-state index is 13.1. The van der Waals surface area contributed by atoms with Gasteiger partial charge in [0.1, 0.15) is 31.1 Å². The van der Waals surface area contributed by atoms with Crippen LogP contribution in [0.2, 0.25) is 0 Å². The SMILES string of the molecule is CC(C)CC#CCO[C@H]1C[C@H](n2cc(C(F)(F)F)c(=O)[nH]c2=O)O[C@@H]1COC(=O)C(C)(C)C. The molecular weight excluding hydrogens is 445 g/mol. The van der Waals surface area contributed by atoms with Gasteiger partial charge in [0.15, 0.2) is 0 Å². The molecule has 2 rings (SSSR count). The molecule has 0 saturated carbocycles. The number of nitrogens with zero attached hydrogens (tertiary/aromatic N) is 1. The molecule has 8 nitrogen and oxygen atoms in total. The third kappa shape index (κ3) is 7.47. The largest absolute Gasteiger partial charge is 0.462 e. The first-order chi connectivity index (χ1) is 15.2. The van der Waals surface area contributed by atoms with Crippen LogP contribution in [0.5, 0.6) is 0 Å². The van der Waals surface area contributed by atoms with Crippen molar-refractivity contribution in [3.8, 4) is 11.8 Å². The number of carbonyl (C=O) groups is 1. The van der Waals surface area contributed by atoms with Gasteiger partial charge in [-0.3, -0.25) is 19.1 Å². The van der Waals surface area contributed by atoms with Gasteiger partial charge < -0.3 is 14.2 Å². The molecule has 0 aliphatic carbocycles. The Balaban J connectivity index is 2.24. The highest BCUT2D eigenvalue weighted by atomic mass is 19.4. The second kappa shape index (κ2) is 10.6. The zero-order valence-corrected chi connectivity index (χ0v) is 19.2. The molecule has 0 radical (unpaired) electrons. The molecule has 0 unspecified atom stereocenters. The van der Waals surface area contributed by atoms with Gasteiger partial charge in [-0.25, -0.2) is 4.79 Å². The molecule has 0 spiro atoms. The molecule has 11 heteroatoms. The Morgan fingerprint density at radius 3 is 2.52 bits per heavy atom. The van der Waals surface area contributed by atoms with Gasteiger partial charge in [0.2, 0.25) is 0 Å². The molecule has 0 aromatic carbocycles. The summed E-state index contributed by atoms with van der Waals surface area (Å²) in [6, 6.07) is 0. The van der Waals surface area contributed by atoms with Crippen molar-refractivity contribution in [1.82, 2.24) is 9.55 Å². The molecule has 33 heavy (non-hydrogen) atoms. The van der Waals surface area contributed by atoms with Gasteiger partial charge in [-0.15, -0.1) is 5.92 Å². The molecule has 3 atom stereocenters.